The van der Waals surface area contributed by atoms with Crippen molar-refractivity contribution in [3.63, 3.8) is 0 Å². The monoisotopic (exact) mass is 300 g/mol. The SMILES string of the molecule is Cc1nnc(CSc2nc(Cc3ccccc3)c(C)[nH]2)o1. The minimum atomic E-state index is 0.589. The van der Waals surface area contributed by atoms with Crippen LogP contribution in [0, 0.1) is 13.8 Å². The van der Waals surface area contributed by atoms with Crippen molar-refractivity contribution in [2.24, 2.45) is 0 Å². The van der Waals surface area contributed by atoms with Crippen molar-refractivity contribution in [3.05, 3.63) is 59.1 Å². The van der Waals surface area contributed by atoms with Gasteiger partial charge in [-0.25, -0.2) is 4.98 Å². The number of thioether (sulfide) groups is 1. The molecule has 21 heavy (non-hydrogen) atoms. The molecule has 0 aliphatic carbocycles. The van der Waals surface area contributed by atoms with Gasteiger partial charge >= 0.3 is 0 Å². The predicted octanol–water partition coefficient (Wildman–Crippen LogP) is 3.29. The Bertz CT molecular complexity index is 720. The highest BCUT2D eigenvalue weighted by molar-refractivity contribution is 7.98. The van der Waals surface area contributed by atoms with E-state index >= 15 is 0 Å². The van der Waals surface area contributed by atoms with Gasteiger partial charge in [0.1, 0.15) is 0 Å². The van der Waals surface area contributed by atoms with Gasteiger partial charge in [0, 0.05) is 19.0 Å². The zero-order chi connectivity index (χ0) is 14.7. The molecule has 5 nitrogen and oxygen atoms in total. The summed E-state index contributed by atoms with van der Waals surface area (Å²) in [6.45, 7) is 3.84. The molecule has 0 amide bonds. The maximum absolute atomic E-state index is 5.35. The van der Waals surface area contributed by atoms with Crippen LogP contribution in [0.25, 0.3) is 0 Å². The summed E-state index contributed by atoms with van der Waals surface area (Å²) in [5, 5.41) is 8.68. The number of nitrogens with zero attached hydrogens (tertiary/aromatic N) is 3. The van der Waals surface area contributed by atoms with E-state index in [4.69, 9.17) is 4.42 Å². The van der Waals surface area contributed by atoms with Gasteiger partial charge in [-0.1, -0.05) is 42.1 Å². The lowest BCUT2D eigenvalue weighted by molar-refractivity contribution is 0.485. The fraction of sp³-hybridized carbons (Fsp3) is 0.267. The first-order valence-corrected chi connectivity index (χ1v) is 7.70. The van der Waals surface area contributed by atoms with Crippen molar-refractivity contribution in [2.75, 3.05) is 0 Å². The lowest BCUT2D eigenvalue weighted by Crippen LogP contribution is -1.90. The Labute approximate surface area is 127 Å². The van der Waals surface area contributed by atoms with Crippen LogP contribution in [-0.2, 0) is 12.2 Å². The van der Waals surface area contributed by atoms with E-state index in [1.807, 2.05) is 25.1 Å². The fourth-order valence-electron chi connectivity index (χ4n) is 2.02. The number of hydrogen-bond acceptors (Lipinski definition) is 5. The molecular formula is C15H16N4OS. The van der Waals surface area contributed by atoms with Gasteiger partial charge in [-0.3, -0.25) is 0 Å². The molecule has 0 fully saturated rings. The molecule has 1 aromatic carbocycles. The maximum Gasteiger partial charge on any atom is 0.226 e. The number of benzene rings is 1. The molecule has 0 spiro atoms. The lowest BCUT2D eigenvalue weighted by atomic mass is 10.1. The summed E-state index contributed by atoms with van der Waals surface area (Å²) in [6.07, 6.45) is 0.837. The van der Waals surface area contributed by atoms with Crippen LogP contribution in [0.2, 0.25) is 0 Å². The largest absolute Gasteiger partial charge is 0.425 e. The summed E-state index contributed by atoms with van der Waals surface area (Å²) in [6, 6.07) is 10.3. The maximum atomic E-state index is 5.35. The fourth-order valence-corrected chi connectivity index (χ4v) is 2.80. The molecule has 0 atom stereocenters. The van der Waals surface area contributed by atoms with Gasteiger partial charge < -0.3 is 9.40 Å². The molecule has 0 unspecified atom stereocenters. The van der Waals surface area contributed by atoms with E-state index in [2.05, 4.69) is 32.3 Å². The van der Waals surface area contributed by atoms with Gasteiger partial charge in [0.05, 0.1) is 11.4 Å². The normalized spacial score (nSPS) is 11.0. The average molecular weight is 300 g/mol. The third-order valence-corrected chi connectivity index (χ3v) is 3.94. The Hall–Kier alpha value is -2.08. The molecule has 3 rings (SSSR count). The Balaban J connectivity index is 1.66. The smallest absolute Gasteiger partial charge is 0.226 e. The Morgan fingerprint density at radius 1 is 1.14 bits per heavy atom. The second-order valence-electron chi connectivity index (χ2n) is 4.78. The number of rotatable bonds is 5. The number of aromatic amines is 1. The van der Waals surface area contributed by atoms with Gasteiger partial charge in [0.15, 0.2) is 5.16 Å². The summed E-state index contributed by atoms with van der Waals surface area (Å²) in [5.74, 6) is 1.83. The lowest BCUT2D eigenvalue weighted by Gasteiger charge is -1.98. The Kier molecular flexibility index (Phi) is 4.06. The quantitative estimate of drug-likeness (QED) is 0.732. The topological polar surface area (TPSA) is 67.6 Å². The highest BCUT2D eigenvalue weighted by Gasteiger charge is 2.10. The van der Waals surface area contributed by atoms with Crippen molar-refractivity contribution in [2.45, 2.75) is 31.2 Å². The highest BCUT2D eigenvalue weighted by atomic mass is 32.2. The molecule has 1 N–H and O–H groups in total. The van der Waals surface area contributed by atoms with E-state index in [-0.39, 0.29) is 0 Å². The summed E-state index contributed by atoms with van der Waals surface area (Å²) < 4.78 is 5.35. The van der Waals surface area contributed by atoms with Crippen molar-refractivity contribution in [3.8, 4) is 0 Å². The van der Waals surface area contributed by atoms with E-state index in [1.54, 1.807) is 18.7 Å². The van der Waals surface area contributed by atoms with E-state index in [0.29, 0.717) is 17.5 Å². The number of hydrogen-bond donors (Lipinski definition) is 1. The second-order valence-corrected chi connectivity index (χ2v) is 5.74. The second kappa shape index (κ2) is 6.13. The summed E-state index contributed by atoms with van der Waals surface area (Å²) in [4.78, 5) is 7.95. The molecule has 0 aliphatic rings. The van der Waals surface area contributed by atoms with Crippen LogP contribution in [0.3, 0.4) is 0 Å². The molecule has 0 saturated carbocycles. The van der Waals surface area contributed by atoms with Crippen LogP contribution in [0.15, 0.2) is 39.9 Å². The van der Waals surface area contributed by atoms with Gasteiger partial charge in [0.2, 0.25) is 11.8 Å². The van der Waals surface area contributed by atoms with Crippen molar-refractivity contribution < 1.29 is 4.42 Å². The number of aryl methyl sites for hydroxylation is 2. The van der Waals surface area contributed by atoms with Crippen LogP contribution in [0.1, 0.15) is 28.7 Å². The zero-order valence-corrected chi connectivity index (χ0v) is 12.8. The van der Waals surface area contributed by atoms with Crippen LogP contribution >= 0.6 is 11.8 Å². The van der Waals surface area contributed by atoms with Crippen molar-refractivity contribution >= 4 is 11.8 Å². The number of H-pyrrole nitrogens is 1. The van der Waals surface area contributed by atoms with E-state index < -0.39 is 0 Å². The van der Waals surface area contributed by atoms with Crippen LogP contribution in [0.5, 0.6) is 0 Å². The summed E-state index contributed by atoms with van der Waals surface area (Å²) in [5.41, 5.74) is 3.43. The van der Waals surface area contributed by atoms with Crippen molar-refractivity contribution in [1.29, 1.82) is 0 Å². The van der Waals surface area contributed by atoms with E-state index in [1.165, 1.54) is 5.56 Å². The molecular weight excluding hydrogens is 284 g/mol. The minimum Gasteiger partial charge on any atom is -0.425 e. The van der Waals surface area contributed by atoms with E-state index in [9.17, 15) is 0 Å². The van der Waals surface area contributed by atoms with Gasteiger partial charge in [-0.15, -0.1) is 10.2 Å². The molecule has 2 heterocycles. The summed E-state index contributed by atoms with van der Waals surface area (Å²) in [7, 11) is 0. The average Bonchev–Trinajstić information content (AvgIpc) is 3.04. The Morgan fingerprint density at radius 3 is 2.67 bits per heavy atom. The van der Waals surface area contributed by atoms with Crippen molar-refractivity contribution in [1.82, 2.24) is 20.2 Å². The highest BCUT2D eigenvalue weighted by Crippen LogP contribution is 2.22. The third-order valence-electron chi connectivity index (χ3n) is 3.08. The minimum absolute atomic E-state index is 0.589. The molecule has 108 valence electrons. The van der Waals surface area contributed by atoms with E-state index in [0.717, 1.165) is 23.0 Å². The Morgan fingerprint density at radius 2 is 1.95 bits per heavy atom. The standard InChI is InChI=1S/C15H16N4OS/c1-10-13(8-12-6-4-3-5-7-12)17-15(16-10)21-9-14-19-18-11(2)20-14/h3-7H,8-9H2,1-2H3,(H,16,17). The first-order chi connectivity index (χ1) is 10.2. The predicted molar refractivity (Wildman–Crippen MR) is 81.2 cm³/mol. The molecule has 0 saturated heterocycles. The van der Waals surface area contributed by atoms with Crippen LogP contribution < -0.4 is 0 Å². The first kappa shape index (κ1) is 13.9. The van der Waals surface area contributed by atoms with Crippen LogP contribution in [-0.4, -0.2) is 20.2 Å². The molecule has 0 aliphatic heterocycles. The molecule has 0 bridgehead atoms. The molecule has 3 aromatic rings. The van der Waals surface area contributed by atoms with Gasteiger partial charge in [-0.05, 0) is 12.5 Å². The summed E-state index contributed by atoms with van der Waals surface area (Å²) >= 11 is 1.57. The van der Waals surface area contributed by atoms with Gasteiger partial charge in [-0.2, -0.15) is 0 Å². The molecule has 6 heteroatoms. The number of aromatic nitrogens is 4. The molecule has 2 aromatic heterocycles. The zero-order valence-electron chi connectivity index (χ0n) is 12.0. The third kappa shape index (κ3) is 3.52. The first-order valence-electron chi connectivity index (χ1n) is 6.72. The van der Waals surface area contributed by atoms with Crippen LogP contribution in [0.4, 0.5) is 0 Å². The van der Waals surface area contributed by atoms with Gasteiger partial charge in [0.25, 0.3) is 0 Å². The number of imidazole rings is 1. The number of nitrogens with one attached hydrogen (secondary N) is 1. The molecule has 0 radical (unpaired) electrons.